The van der Waals surface area contributed by atoms with E-state index in [4.69, 9.17) is 5.73 Å². The number of nitrogens with one attached hydrogen (secondary N) is 1. The molecule has 0 aliphatic carbocycles. The highest BCUT2D eigenvalue weighted by atomic mass is 32.2. The number of piperidine rings is 1. The van der Waals surface area contributed by atoms with E-state index in [-0.39, 0.29) is 10.6 Å². The minimum absolute atomic E-state index is 0.163. The van der Waals surface area contributed by atoms with Crippen LogP contribution in [-0.2, 0) is 10.0 Å². The maximum Gasteiger partial charge on any atom is 0.242 e. The van der Waals surface area contributed by atoms with Crippen molar-refractivity contribution < 1.29 is 8.42 Å². The molecule has 1 fully saturated rings. The number of anilines is 1. The van der Waals surface area contributed by atoms with Crippen LogP contribution in [0, 0.1) is 0 Å². The van der Waals surface area contributed by atoms with Gasteiger partial charge in [0.1, 0.15) is 4.90 Å². The van der Waals surface area contributed by atoms with Crippen molar-refractivity contribution in [3.63, 3.8) is 0 Å². The summed E-state index contributed by atoms with van der Waals surface area (Å²) in [6.45, 7) is 4.75. The summed E-state index contributed by atoms with van der Waals surface area (Å²) in [7, 11) is -3.50. The molecule has 1 aromatic carbocycles. The quantitative estimate of drug-likeness (QED) is 0.620. The predicted octanol–water partition coefficient (Wildman–Crippen LogP) is 1.81. The molecule has 5 nitrogen and oxygen atoms in total. The zero-order valence-electron chi connectivity index (χ0n) is 12.6. The molecule has 1 aliphatic heterocycles. The number of sulfonamides is 1. The monoisotopic (exact) mass is 311 g/mol. The van der Waals surface area contributed by atoms with E-state index in [1.165, 1.54) is 25.3 Å². The minimum Gasteiger partial charge on any atom is -0.398 e. The standard InChI is InChI=1S/C15H25N3O2S/c1-13-7-4-5-11-18(13)12-6-10-17-21(19,20)15-9-3-2-8-14(15)16/h2-3,8-9,13,17H,4-7,10-12,16H2,1H3. The van der Waals surface area contributed by atoms with Crippen LogP contribution >= 0.6 is 0 Å². The van der Waals surface area contributed by atoms with Gasteiger partial charge in [-0.3, -0.25) is 0 Å². The van der Waals surface area contributed by atoms with Crippen molar-refractivity contribution in [2.24, 2.45) is 0 Å². The zero-order chi connectivity index (χ0) is 15.3. The predicted molar refractivity (Wildman–Crippen MR) is 85.5 cm³/mol. The van der Waals surface area contributed by atoms with Crippen LogP contribution in [0.3, 0.4) is 0 Å². The number of nitrogens with zero attached hydrogens (tertiary/aromatic N) is 1. The molecule has 6 heteroatoms. The molecular formula is C15H25N3O2S. The summed E-state index contributed by atoms with van der Waals surface area (Å²) in [6.07, 6.45) is 4.61. The van der Waals surface area contributed by atoms with Crippen molar-refractivity contribution in [3.8, 4) is 0 Å². The molecule has 21 heavy (non-hydrogen) atoms. The van der Waals surface area contributed by atoms with Gasteiger partial charge >= 0.3 is 0 Å². The van der Waals surface area contributed by atoms with Crippen LogP contribution in [0.4, 0.5) is 5.69 Å². The lowest BCUT2D eigenvalue weighted by molar-refractivity contribution is 0.159. The van der Waals surface area contributed by atoms with Crippen LogP contribution in [0.2, 0.25) is 0 Å². The van der Waals surface area contributed by atoms with Gasteiger partial charge in [-0.25, -0.2) is 13.1 Å². The lowest BCUT2D eigenvalue weighted by Gasteiger charge is -2.33. The third-order valence-electron chi connectivity index (χ3n) is 4.06. The van der Waals surface area contributed by atoms with Gasteiger partial charge in [-0.2, -0.15) is 0 Å². The Kier molecular flexibility index (Phi) is 5.61. The first kappa shape index (κ1) is 16.3. The van der Waals surface area contributed by atoms with E-state index in [0.29, 0.717) is 12.6 Å². The van der Waals surface area contributed by atoms with E-state index in [1.807, 2.05) is 0 Å². The molecule has 3 N–H and O–H groups in total. The van der Waals surface area contributed by atoms with E-state index >= 15 is 0 Å². The van der Waals surface area contributed by atoms with Crippen LogP contribution < -0.4 is 10.5 Å². The normalized spacial score (nSPS) is 20.5. The van der Waals surface area contributed by atoms with Gasteiger partial charge in [-0.15, -0.1) is 0 Å². The average Bonchev–Trinajstić information content (AvgIpc) is 2.45. The first-order valence-corrected chi connectivity index (χ1v) is 9.07. The summed E-state index contributed by atoms with van der Waals surface area (Å²) in [5, 5.41) is 0. The Morgan fingerprint density at radius 3 is 2.81 bits per heavy atom. The summed E-state index contributed by atoms with van der Waals surface area (Å²) >= 11 is 0. The van der Waals surface area contributed by atoms with Gasteiger partial charge in [0.05, 0.1) is 5.69 Å². The molecule has 2 rings (SSSR count). The molecule has 1 saturated heterocycles. The van der Waals surface area contributed by atoms with Crippen molar-refractivity contribution in [2.45, 2.75) is 43.5 Å². The van der Waals surface area contributed by atoms with E-state index in [0.717, 1.165) is 19.5 Å². The molecule has 0 aromatic heterocycles. The number of hydrogen-bond donors (Lipinski definition) is 2. The second kappa shape index (κ2) is 7.24. The molecule has 0 radical (unpaired) electrons. The number of hydrogen-bond acceptors (Lipinski definition) is 4. The lowest BCUT2D eigenvalue weighted by Crippen LogP contribution is -2.39. The molecule has 1 aliphatic rings. The Hall–Kier alpha value is -1.11. The molecule has 118 valence electrons. The van der Waals surface area contributed by atoms with Gasteiger partial charge in [-0.05, 0) is 51.4 Å². The van der Waals surface area contributed by atoms with E-state index < -0.39 is 10.0 Å². The van der Waals surface area contributed by atoms with Gasteiger partial charge in [0.15, 0.2) is 0 Å². The van der Waals surface area contributed by atoms with Gasteiger partial charge < -0.3 is 10.6 Å². The first-order valence-electron chi connectivity index (χ1n) is 7.59. The Labute approximate surface area is 127 Å². The second-order valence-corrected chi connectivity index (χ2v) is 7.41. The van der Waals surface area contributed by atoms with Gasteiger partial charge in [-0.1, -0.05) is 18.6 Å². The van der Waals surface area contributed by atoms with Crippen molar-refractivity contribution >= 4 is 15.7 Å². The third-order valence-corrected chi connectivity index (χ3v) is 5.60. The molecule has 1 aromatic rings. The molecule has 0 spiro atoms. The SMILES string of the molecule is CC1CCCCN1CCCNS(=O)(=O)c1ccccc1N. The molecule has 0 saturated carbocycles. The summed E-state index contributed by atoms with van der Waals surface area (Å²) in [6, 6.07) is 7.15. The minimum atomic E-state index is -3.50. The van der Waals surface area contributed by atoms with Gasteiger partial charge in [0.2, 0.25) is 10.0 Å². The molecule has 1 unspecified atom stereocenters. The number of likely N-dealkylation sites (tertiary alicyclic amines) is 1. The smallest absolute Gasteiger partial charge is 0.242 e. The fourth-order valence-corrected chi connectivity index (χ4v) is 3.99. The maximum absolute atomic E-state index is 12.2. The van der Waals surface area contributed by atoms with Gasteiger partial charge in [0, 0.05) is 12.6 Å². The van der Waals surface area contributed by atoms with E-state index in [9.17, 15) is 8.42 Å². The number of nitrogen functional groups attached to an aromatic ring is 1. The number of nitrogens with two attached hydrogens (primary N) is 1. The first-order chi connectivity index (χ1) is 10.0. The van der Waals surface area contributed by atoms with Crippen LogP contribution in [0.25, 0.3) is 0 Å². The Morgan fingerprint density at radius 2 is 2.10 bits per heavy atom. The largest absolute Gasteiger partial charge is 0.398 e. The molecule has 0 bridgehead atoms. The summed E-state index contributed by atoms with van der Waals surface area (Å²) in [5.74, 6) is 0. The molecule has 1 heterocycles. The maximum atomic E-state index is 12.2. The van der Waals surface area contributed by atoms with Crippen LogP contribution in [0.1, 0.15) is 32.6 Å². The zero-order valence-corrected chi connectivity index (χ0v) is 13.4. The third kappa shape index (κ3) is 4.43. The van der Waals surface area contributed by atoms with Crippen molar-refractivity contribution in [2.75, 3.05) is 25.4 Å². The van der Waals surface area contributed by atoms with E-state index in [2.05, 4.69) is 16.5 Å². The van der Waals surface area contributed by atoms with Crippen molar-refractivity contribution in [3.05, 3.63) is 24.3 Å². The molecular weight excluding hydrogens is 286 g/mol. The summed E-state index contributed by atoms with van der Waals surface area (Å²) in [5.41, 5.74) is 6.01. The van der Waals surface area contributed by atoms with Crippen molar-refractivity contribution in [1.29, 1.82) is 0 Å². The lowest BCUT2D eigenvalue weighted by atomic mass is 10.0. The highest BCUT2D eigenvalue weighted by molar-refractivity contribution is 7.89. The fraction of sp³-hybridized carbons (Fsp3) is 0.600. The Morgan fingerprint density at radius 1 is 1.33 bits per heavy atom. The van der Waals surface area contributed by atoms with Crippen LogP contribution in [-0.4, -0.2) is 39.0 Å². The summed E-state index contributed by atoms with van der Waals surface area (Å²) in [4.78, 5) is 2.60. The second-order valence-electron chi connectivity index (χ2n) is 5.67. The van der Waals surface area contributed by atoms with Crippen LogP contribution in [0.15, 0.2) is 29.2 Å². The van der Waals surface area contributed by atoms with Crippen LogP contribution in [0.5, 0.6) is 0 Å². The number of benzene rings is 1. The highest BCUT2D eigenvalue weighted by Crippen LogP contribution is 2.18. The Balaban J connectivity index is 1.81. The van der Waals surface area contributed by atoms with E-state index in [1.54, 1.807) is 18.2 Å². The average molecular weight is 311 g/mol. The summed E-state index contributed by atoms with van der Waals surface area (Å²) < 4.78 is 27.0. The van der Waals surface area contributed by atoms with Crippen molar-refractivity contribution in [1.82, 2.24) is 9.62 Å². The Bertz CT molecular complexity index is 560. The fourth-order valence-electron chi connectivity index (χ4n) is 2.78. The molecule has 0 amide bonds. The highest BCUT2D eigenvalue weighted by Gasteiger charge is 2.19. The topological polar surface area (TPSA) is 75.4 Å². The number of para-hydroxylation sites is 1. The number of rotatable bonds is 6. The molecule has 1 atom stereocenters. The van der Waals surface area contributed by atoms with Gasteiger partial charge in [0.25, 0.3) is 0 Å².